The van der Waals surface area contributed by atoms with E-state index in [1.54, 1.807) is 6.20 Å². The van der Waals surface area contributed by atoms with Gasteiger partial charge in [0.25, 0.3) is 0 Å². The van der Waals surface area contributed by atoms with Crippen LogP contribution in [0.15, 0.2) is 41.4 Å². The van der Waals surface area contributed by atoms with Gasteiger partial charge in [-0.3, -0.25) is 0 Å². The molecule has 1 aliphatic rings. The third-order valence-electron chi connectivity index (χ3n) is 2.97. The highest BCUT2D eigenvalue weighted by molar-refractivity contribution is 9.10. The molecule has 17 heavy (non-hydrogen) atoms. The topological polar surface area (TPSA) is 29.9 Å². The average Bonchev–Trinajstić information content (AvgIpc) is 3.01. The highest BCUT2D eigenvalue weighted by atomic mass is 79.9. The lowest BCUT2D eigenvalue weighted by atomic mass is 10.2. The predicted octanol–water partition coefficient (Wildman–Crippen LogP) is 2.89. The zero-order valence-corrected chi connectivity index (χ0v) is 11.0. The lowest BCUT2D eigenvalue weighted by molar-refractivity contribution is 0.687. The maximum absolute atomic E-state index is 4.06. The minimum Gasteiger partial charge on any atom is -0.310 e. The van der Waals surface area contributed by atoms with Gasteiger partial charge >= 0.3 is 0 Å². The number of hydrogen-bond acceptors (Lipinski definition) is 2. The molecule has 1 aromatic carbocycles. The van der Waals surface area contributed by atoms with Crippen LogP contribution in [0.2, 0.25) is 0 Å². The molecule has 1 heterocycles. The lowest BCUT2D eigenvalue weighted by Crippen LogP contribution is -2.15. The highest BCUT2D eigenvalue weighted by Gasteiger charge is 2.19. The number of rotatable bonds is 4. The second-order valence-corrected chi connectivity index (χ2v) is 5.27. The van der Waals surface area contributed by atoms with Crippen molar-refractivity contribution in [2.45, 2.75) is 25.4 Å². The van der Waals surface area contributed by atoms with Crippen LogP contribution in [0.4, 0.5) is 0 Å². The Morgan fingerprint density at radius 3 is 2.94 bits per heavy atom. The number of benzene rings is 1. The summed E-state index contributed by atoms with van der Waals surface area (Å²) in [6.07, 6.45) is 8.20. The minimum absolute atomic E-state index is 0.752. The monoisotopic (exact) mass is 291 g/mol. The van der Waals surface area contributed by atoms with Crippen molar-refractivity contribution >= 4 is 15.9 Å². The zero-order chi connectivity index (χ0) is 11.7. The Hall–Kier alpha value is -1.13. The fourth-order valence-corrected chi connectivity index (χ4v) is 2.45. The highest BCUT2D eigenvalue weighted by Crippen LogP contribution is 2.23. The molecule has 0 amide bonds. The van der Waals surface area contributed by atoms with Crippen molar-refractivity contribution in [3.8, 4) is 5.69 Å². The van der Waals surface area contributed by atoms with Crippen LogP contribution in [0, 0.1) is 0 Å². The molecule has 0 spiro atoms. The Morgan fingerprint density at radius 1 is 1.41 bits per heavy atom. The van der Waals surface area contributed by atoms with E-state index in [2.05, 4.69) is 44.4 Å². The Balaban J connectivity index is 1.78. The first-order chi connectivity index (χ1) is 8.33. The van der Waals surface area contributed by atoms with Crippen LogP contribution in [-0.4, -0.2) is 15.6 Å². The van der Waals surface area contributed by atoms with Crippen LogP contribution >= 0.6 is 15.9 Å². The van der Waals surface area contributed by atoms with Crippen molar-refractivity contribution in [1.29, 1.82) is 0 Å². The molecular weight excluding hydrogens is 278 g/mol. The second kappa shape index (κ2) is 4.63. The number of hydrogen-bond donors (Lipinski definition) is 1. The van der Waals surface area contributed by atoms with Gasteiger partial charge in [0.15, 0.2) is 0 Å². The van der Waals surface area contributed by atoms with Crippen LogP contribution in [0.5, 0.6) is 0 Å². The number of imidazole rings is 1. The molecule has 1 saturated carbocycles. The van der Waals surface area contributed by atoms with Crippen molar-refractivity contribution in [1.82, 2.24) is 14.9 Å². The summed E-state index contributed by atoms with van der Waals surface area (Å²) in [5.41, 5.74) is 2.44. The first kappa shape index (κ1) is 11.0. The average molecular weight is 292 g/mol. The molecule has 0 saturated heterocycles. The Bertz CT molecular complexity index is 503. The molecule has 1 aromatic heterocycles. The van der Waals surface area contributed by atoms with Gasteiger partial charge in [-0.25, -0.2) is 4.98 Å². The molecule has 1 fully saturated rings. The third kappa shape index (κ3) is 2.58. The Morgan fingerprint density at radius 2 is 2.29 bits per heavy atom. The van der Waals surface area contributed by atoms with E-state index in [4.69, 9.17) is 0 Å². The second-order valence-electron chi connectivity index (χ2n) is 4.41. The van der Waals surface area contributed by atoms with Crippen molar-refractivity contribution in [3.63, 3.8) is 0 Å². The van der Waals surface area contributed by atoms with Gasteiger partial charge in [-0.15, -0.1) is 0 Å². The van der Waals surface area contributed by atoms with Crippen molar-refractivity contribution in [3.05, 3.63) is 47.0 Å². The van der Waals surface area contributed by atoms with E-state index in [1.807, 2.05) is 17.1 Å². The number of nitrogens with zero attached hydrogens (tertiary/aromatic N) is 2. The molecule has 4 heteroatoms. The largest absolute Gasteiger partial charge is 0.310 e. The molecule has 2 aromatic rings. The summed E-state index contributed by atoms with van der Waals surface area (Å²) in [5, 5.41) is 3.51. The maximum atomic E-state index is 4.06. The van der Waals surface area contributed by atoms with Gasteiger partial charge in [0.1, 0.15) is 0 Å². The molecule has 0 radical (unpaired) electrons. The molecule has 1 aliphatic carbocycles. The summed E-state index contributed by atoms with van der Waals surface area (Å²) in [6, 6.07) is 7.21. The van der Waals surface area contributed by atoms with Crippen LogP contribution in [0.3, 0.4) is 0 Å². The van der Waals surface area contributed by atoms with Gasteiger partial charge < -0.3 is 9.88 Å². The van der Waals surface area contributed by atoms with Gasteiger partial charge in [0.2, 0.25) is 0 Å². The fraction of sp³-hybridized carbons (Fsp3) is 0.308. The first-order valence-corrected chi connectivity index (χ1v) is 6.62. The Kier molecular flexibility index (Phi) is 2.99. The summed E-state index contributed by atoms with van der Waals surface area (Å²) < 4.78 is 3.10. The van der Waals surface area contributed by atoms with Gasteiger partial charge in [0, 0.05) is 29.5 Å². The normalized spacial score (nSPS) is 15.1. The lowest BCUT2D eigenvalue weighted by Gasteiger charge is -2.08. The van der Waals surface area contributed by atoms with E-state index < -0.39 is 0 Å². The molecule has 3 rings (SSSR count). The van der Waals surface area contributed by atoms with Gasteiger partial charge in [0.05, 0.1) is 12.0 Å². The molecule has 3 nitrogen and oxygen atoms in total. The van der Waals surface area contributed by atoms with Crippen molar-refractivity contribution in [2.24, 2.45) is 0 Å². The minimum atomic E-state index is 0.752. The Labute approximate surface area is 109 Å². The van der Waals surface area contributed by atoms with Gasteiger partial charge in [-0.05, 0) is 46.5 Å². The summed E-state index contributed by atoms with van der Waals surface area (Å²) in [7, 11) is 0. The molecule has 0 aliphatic heterocycles. The standard InChI is InChI=1S/C13H14BrN3/c14-12-7-10(8-16-11-2-3-11)1-4-13(12)17-6-5-15-9-17/h1,4-7,9,11,16H,2-3,8H2. The van der Waals surface area contributed by atoms with E-state index >= 15 is 0 Å². The molecule has 1 N–H and O–H groups in total. The van der Waals surface area contributed by atoms with Crippen LogP contribution in [0.25, 0.3) is 5.69 Å². The van der Waals surface area contributed by atoms with Crippen LogP contribution in [-0.2, 0) is 6.54 Å². The van der Waals surface area contributed by atoms with Gasteiger partial charge in [-0.1, -0.05) is 6.07 Å². The first-order valence-electron chi connectivity index (χ1n) is 5.83. The molecular formula is C13H14BrN3. The summed E-state index contributed by atoms with van der Waals surface area (Å²) >= 11 is 3.61. The van der Waals surface area contributed by atoms with Crippen molar-refractivity contribution in [2.75, 3.05) is 0 Å². The summed E-state index contributed by atoms with van der Waals surface area (Å²) in [4.78, 5) is 4.06. The van der Waals surface area contributed by atoms with Crippen LogP contribution < -0.4 is 5.32 Å². The fourth-order valence-electron chi connectivity index (χ4n) is 1.82. The molecule has 0 bridgehead atoms. The molecule has 0 unspecified atom stereocenters. The quantitative estimate of drug-likeness (QED) is 0.939. The summed E-state index contributed by atoms with van der Waals surface area (Å²) in [5.74, 6) is 0. The zero-order valence-electron chi connectivity index (χ0n) is 9.44. The number of nitrogens with one attached hydrogen (secondary N) is 1. The predicted molar refractivity (Wildman–Crippen MR) is 71.1 cm³/mol. The SMILES string of the molecule is Brc1cc(CNC2CC2)ccc1-n1ccnc1. The van der Waals surface area contributed by atoms with E-state index in [-0.39, 0.29) is 0 Å². The van der Waals surface area contributed by atoms with E-state index in [9.17, 15) is 0 Å². The third-order valence-corrected chi connectivity index (χ3v) is 3.60. The smallest absolute Gasteiger partial charge is 0.0992 e. The molecule has 88 valence electrons. The molecule has 0 atom stereocenters. The maximum Gasteiger partial charge on any atom is 0.0992 e. The number of halogens is 1. The number of aromatic nitrogens is 2. The van der Waals surface area contributed by atoms with Crippen LogP contribution in [0.1, 0.15) is 18.4 Å². The van der Waals surface area contributed by atoms with Gasteiger partial charge in [-0.2, -0.15) is 0 Å². The van der Waals surface area contributed by atoms with E-state index in [0.29, 0.717) is 0 Å². The van der Waals surface area contributed by atoms with Crippen molar-refractivity contribution < 1.29 is 0 Å². The summed E-state index contributed by atoms with van der Waals surface area (Å²) in [6.45, 7) is 0.952. The van der Waals surface area contributed by atoms with E-state index in [1.165, 1.54) is 18.4 Å². The van der Waals surface area contributed by atoms with E-state index in [0.717, 1.165) is 22.7 Å².